The molecule has 2 heterocycles. The third-order valence-electron chi connectivity index (χ3n) is 4.59. The lowest BCUT2D eigenvalue weighted by atomic mass is 9.92. The summed E-state index contributed by atoms with van der Waals surface area (Å²) in [5.74, 6) is -0.979. The summed E-state index contributed by atoms with van der Waals surface area (Å²) in [5.41, 5.74) is 0.466. The van der Waals surface area contributed by atoms with Gasteiger partial charge in [0.25, 0.3) is 0 Å². The Morgan fingerprint density at radius 3 is 2.80 bits per heavy atom. The van der Waals surface area contributed by atoms with Gasteiger partial charge in [0.1, 0.15) is 16.5 Å². The first-order chi connectivity index (χ1) is 12.0. The summed E-state index contributed by atoms with van der Waals surface area (Å²) in [6.45, 7) is 0.901. The summed E-state index contributed by atoms with van der Waals surface area (Å²) in [4.78, 5) is 4.07. The van der Waals surface area contributed by atoms with Crippen LogP contribution >= 0.6 is 0 Å². The first-order valence-corrected chi connectivity index (χ1v) is 9.75. The molecular formula is C18H20F2N2O2S. The van der Waals surface area contributed by atoms with E-state index in [1.54, 1.807) is 12.1 Å². The number of rotatable bonds is 5. The molecule has 7 heteroatoms. The summed E-state index contributed by atoms with van der Waals surface area (Å²) >= 11 is 0. The van der Waals surface area contributed by atoms with Crippen LogP contribution in [-0.2, 0) is 16.4 Å². The van der Waals surface area contributed by atoms with Gasteiger partial charge in [-0.15, -0.1) is 0 Å². The van der Waals surface area contributed by atoms with Gasteiger partial charge in [-0.2, -0.15) is 4.31 Å². The van der Waals surface area contributed by atoms with Gasteiger partial charge in [-0.3, -0.25) is 4.98 Å². The maximum absolute atomic E-state index is 13.7. The lowest BCUT2D eigenvalue weighted by Crippen LogP contribution is -2.40. The second-order valence-corrected chi connectivity index (χ2v) is 8.27. The van der Waals surface area contributed by atoms with E-state index < -0.39 is 21.7 Å². The number of halogens is 2. The van der Waals surface area contributed by atoms with Crippen LogP contribution in [0.2, 0.25) is 0 Å². The third-order valence-corrected chi connectivity index (χ3v) is 6.44. The highest BCUT2D eigenvalue weighted by Crippen LogP contribution is 2.26. The van der Waals surface area contributed by atoms with E-state index in [0.29, 0.717) is 31.5 Å². The molecular weight excluding hydrogens is 346 g/mol. The van der Waals surface area contributed by atoms with Gasteiger partial charge < -0.3 is 0 Å². The highest BCUT2D eigenvalue weighted by molar-refractivity contribution is 7.89. The van der Waals surface area contributed by atoms with Gasteiger partial charge in [-0.1, -0.05) is 6.07 Å². The zero-order valence-electron chi connectivity index (χ0n) is 13.7. The molecule has 1 fully saturated rings. The van der Waals surface area contributed by atoms with Gasteiger partial charge in [0.05, 0.1) is 0 Å². The Hall–Kier alpha value is -1.86. The molecule has 2 aromatic rings. The van der Waals surface area contributed by atoms with E-state index in [0.717, 1.165) is 18.9 Å². The molecule has 4 nitrogen and oxygen atoms in total. The van der Waals surface area contributed by atoms with Crippen LogP contribution in [-0.4, -0.2) is 30.8 Å². The highest BCUT2D eigenvalue weighted by Gasteiger charge is 2.30. The van der Waals surface area contributed by atoms with Crippen molar-refractivity contribution in [2.24, 2.45) is 5.92 Å². The van der Waals surface area contributed by atoms with Gasteiger partial charge in [0, 0.05) is 31.5 Å². The minimum Gasteiger partial charge on any atom is -0.263 e. The van der Waals surface area contributed by atoms with Crippen molar-refractivity contribution in [1.29, 1.82) is 0 Å². The largest absolute Gasteiger partial charge is 0.263 e. The van der Waals surface area contributed by atoms with Crippen LogP contribution in [0.4, 0.5) is 8.78 Å². The molecule has 3 rings (SSSR count). The topological polar surface area (TPSA) is 50.3 Å². The monoisotopic (exact) mass is 366 g/mol. The maximum Gasteiger partial charge on any atom is 0.244 e. The number of nitrogens with zero attached hydrogens (tertiary/aromatic N) is 2. The van der Waals surface area contributed by atoms with Crippen molar-refractivity contribution in [3.8, 4) is 0 Å². The van der Waals surface area contributed by atoms with Crippen molar-refractivity contribution in [1.82, 2.24) is 9.29 Å². The number of sulfonamides is 1. The summed E-state index contributed by atoms with van der Waals surface area (Å²) in [6.07, 6.45) is 5.71. The van der Waals surface area contributed by atoms with E-state index in [2.05, 4.69) is 4.98 Å². The van der Waals surface area contributed by atoms with Crippen molar-refractivity contribution in [2.45, 2.75) is 30.6 Å². The van der Waals surface area contributed by atoms with Crippen LogP contribution in [0, 0.1) is 17.6 Å². The Bertz CT molecular complexity index is 828. The van der Waals surface area contributed by atoms with E-state index in [4.69, 9.17) is 0 Å². The van der Waals surface area contributed by atoms with Crippen LogP contribution in [0.15, 0.2) is 47.6 Å². The van der Waals surface area contributed by atoms with Crippen LogP contribution < -0.4 is 0 Å². The second-order valence-electron chi connectivity index (χ2n) is 6.33. The molecule has 1 aliphatic rings. The lowest BCUT2D eigenvalue weighted by molar-refractivity contribution is 0.255. The summed E-state index contributed by atoms with van der Waals surface area (Å²) in [5, 5.41) is 0. The van der Waals surface area contributed by atoms with E-state index in [9.17, 15) is 17.2 Å². The average molecular weight is 366 g/mol. The summed E-state index contributed by atoms with van der Waals surface area (Å²) < 4.78 is 53.6. The fourth-order valence-corrected chi connectivity index (χ4v) is 4.73. The molecule has 1 aromatic heterocycles. The molecule has 0 N–H and O–H groups in total. The van der Waals surface area contributed by atoms with Crippen LogP contribution in [0.1, 0.15) is 24.8 Å². The molecule has 1 saturated heterocycles. The normalized spacial score (nSPS) is 19.0. The van der Waals surface area contributed by atoms with E-state index in [1.165, 1.54) is 28.8 Å². The average Bonchev–Trinajstić information content (AvgIpc) is 2.62. The molecule has 1 aromatic carbocycles. The van der Waals surface area contributed by atoms with Crippen molar-refractivity contribution < 1.29 is 17.2 Å². The minimum atomic E-state index is -3.54. The molecule has 0 aliphatic carbocycles. The van der Waals surface area contributed by atoms with Crippen molar-refractivity contribution in [2.75, 3.05) is 13.1 Å². The van der Waals surface area contributed by atoms with Crippen LogP contribution in [0.5, 0.6) is 0 Å². The van der Waals surface area contributed by atoms with Crippen LogP contribution in [0.25, 0.3) is 0 Å². The fourth-order valence-electron chi connectivity index (χ4n) is 3.21. The Morgan fingerprint density at radius 2 is 2.08 bits per heavy atom. The molecule has 0 spiro atoms. The van der Waals surface area contributed by atoms with Gasteiger partial charge in [0.2, 0.25) is 10.0 Å². The van der Waals surface area contributed by atoms with Crippen LogP contribution in [0.3, 0.4) is 0 Å². The maximum atomic E-state index is 13.7. The first-order valence-electron chi connectivity index (χ1n) is 8.31. The number of pyridine rings is 1. The molecule has 1 atom stereocenters. The second kappa shape index (κ2) is 7.58. The van der Waals surface area contributed by atoms with E-state index in [1.807, 2.05) is 0 Å². The highest BCUT2D eigenvalue weighted by atomic mass is 32.2. The quantitative estimate of drug-likeness (QED) is 0.815. The van der Waals surface area contributed by atoms with Crippen molar-refractivity contribution in [3.63, 3.8) is 0 Å². The molecule has 0 bridgehead atoms. The molecule has 25 heavy (non-hydrogen) atoms. The summed E-state index contributed by atoms with van der Waals surface area (Å²) in [6, 6.07) is 6.73. The zero-order chi connectivity index (χ0) is 17.9. The summed E-state index contributed by atoms with van der Waals surface area (Å²) in [7, 11) is -3.54. The fraction of sp³-hybridized carbons (Fsp3) is 0.389. The Morgan fingerprint density at radius 1 is 1.24 bits per heavy atom. The molecule has 1 unspecified atom stereocenters. The smallest absolute Gasteiger partial charge is 0.244 e. The van der Waals surface area contributed by atoms with E-state index in [-0.39, 0.29) is 10.8 Å². The zero-order valence-corrected chi connectivity index (χ0v) is 14.6. The number of aryl methyl sites for hydroxylation is 1. The van der Waals surface area contributed by atoms with Gasteiger partial charge in [-0.25, -0.2) is 17.2 Å². The Kier molecular flexibility index (Phi) is 5.44. The molecule has 1 aliphatic heterocycles. The van der Waals surface area contributed by atoms with Crippen molar-refractivity contribution >= 4 is 10.0 Å². The SMILES string of the molecule is O=S(=O)(c1cccnc1)N1CCCC(CCc2ccc(F)cc2F)C1. The molecule has 0 amide bonds. The number of hydrogen-bond acceptors (Lipinski definition) is 3. The Labute approximate surface area is 146 Å². The first kappa shape index (κ1) is 17.9. The van der Waals surface area contributed by atoms with Gasteiger partial charge in [-0.05, 0) is 55.4 Å². The minimum absolute atomic E-state index is 0.157. The number of piperidine rings is 1. The van der Waals surface area contributed by atoms with Gasteiger partial charge in [0.15, 0.2) is 0 Å². The molecule has 134 valence electrons. The third kappa shape index (κ3) is 4.22. The predicted octanol–water partition coefficient (Wildman–Crippen LogP) is 3.39. The standard InChI is InChI=1S/C18H20F2N2O2S/c19-16-8-7-15(18(20)11-16)6-5-14-3-2-10-22(13-14)25(23,24)17-4-1-9-21-12-17/h1,4,7-9,11-12,14H,2-3,5-6,10,13H2. The molecule has 0 radical (unpaired) electrons. The van der Waals surface area contributed by atoms with Crippen molar-refractivity contribution in [3.05, 3.63) is 59.9 Å². The Balaban J connectivity index is 1.65. The number of benzene rings is 1. The van der Waals surface area contributed by atoms with Gasteiger partial charge >= 0.3 is 0 Å². The lowest BCUT2D eigenvalue weighted by Gasteiger charge is -2.32. The number of aromatic nitrogens is 1. The van der Waals surface area contributed by atoms with E-state index >= 15 is 0 Å². The predicted molar refractivity (Wildman–Crippen MR) is 90.4 cm³/mol. The molecule has 0 saturated carbocycles. The number of hydrogen-bond donors (Lipinski definition) is 0.